The fraction of sp³-hybridized carbons (Fsp3) is 0.480. The summed E-state index contributed by atoms with van der Waals surface area (Å²) < 4.78 is 52.1. The molecule has 2 aromatic rings. The highest BCUT2D eigenvalue weighted by Crippen LogP contribution is 2.19. The normalized spacial score (nSPS) is 16.9. The summed E-state index contributed by atoms with van der Waals surface area (Å²) in [7, 11) is 2.04. The van der Waals surface area contributed by atoms with Crippen LogP contribution in [0.15, 0.2) is 48.4 Å². The lowest BCUT2D eigenvalue weighted by Crippen LogP contribution is -2.49. The zero-order chi connectivity index (χ0) is 25.7. The highest BCUT2D eigenvalue weighted by molar-refractivity contribution is 5.74. The molecule has 1 fully saturated rings. The lowest BCUT2D eigenvalue weighted by molar-refractivity contribution is 0.127. The molecule has 0 aromatic heterocycles. The maximum absolute atomic E-state index is 13.4. The number of urea groups is 1. The molecule has 6 heteroatoms. The monoisotopic (exact) mass is 431 g/mol. The Kier molecular flexibility index (Phi) is 6.48. The smallest absolute Gasteiger partial charge is 0.318 e. The molecular weight excluding hydrogens is 393 g/mol. The Balaban J connectivity index is 1.79. The minimum atomic E-state index is -0.360. The van der Waals surface area contributed by atoms with Crippen molar-refractivity contribution in [2.75, 3.05) is 26.7 Å². The average Bonchev–Trinajstić information content (AvgIpc) is 2.82. The molecule has 1 heterocycles. The topological polar surface area (TPSA) is 44.8 Å². The van der Waals surface area contributed by atoms with Crippen LogP contribution < -0.4 is 10.1 Å². The number of hydrogen-bond acceptors (Lipinski definition) is 3. The molecule has 5 nitrogen and oxygen atoms in total. The molecule has 168 valence electrons. The van der Waals surface area contributed by atoms with E-state index < -0.39 is 0 Å². The van der Waals surface area contributed by atoms with Crippen LogP contribution in [-0.4, -0.2) is 48.6 Å². The predicted molar refractivity (Wildman–Crippen MR) is 121 cm³/mol. The van der Waals surface area contributed by atoms with Gasteiger partial charge in [-0.15, -0.1) is 0 Å². The van der Waals surface area contributed by atoms with Crippen LogP contribution in [0.2, 0.25) is 0 Å². The van der Waals surface area contributed by atoms with Crippen LogP contribution >= 0.6 is 0 Å². The van der Waals surface area contributed by atoms with E-state index in [1.165, 1.54) is 12.1 Å². The number of piperidine rings is 1. The zero-order valence-electron chi connectivity index (χ0n) is 22.5. The Hall–Kier alpha value is -2.60. The Bertz CT molecular complexity index is 999. The first-order valence-corrected chi connectivity index (χ1v) is 10.8. The summed E-state index contributed by atoms with van der Waals surface area (Å²) in [6, 6.07) is 4.72. The Morgan fingerprint density at radius 3 is 2.45 bits per heavy atom. The summed E-state index contributed by atoms with van der Waals surface area (Å²) in [6.07, 6.45) is 1.60. The zero-order valence-corrected chi connectivity index (χ0v) is 18.5. The van der Waals surface area contributed by atoms with Gasteiger partial charge < -0.3 is 19.9 Å². The average molecular weight is 432 g/mol. The van der Waals surface area contributed by atoms with Gasteiger partial charge in [0.25, 0.3) is 0 Å². The van der Waals surface area contributed by atoms with Gasteiger partial charge in [0.1, 0.15) is 11.6 Å². The van der Waals surface area contributed by atoms with Crippen LogP contribution in [0.5, 0.6) is 5.75 Å². The van der Waals surface area contributed by atoms with Crippen molar-refractivity contribution in [3.63, 3.8) is 0 Å². The van der Waals surface area contributed by atoms with Crippen molar-refractivity contribution in [3.05, 3.63) is 65.4 Å². The fourth-order valence-corrected chi connectivity index (χ4v) is 3.46. The van der Waals surface area contributed by atoms with Crippen molar-refractivity contribution < 1.29 is 19.4 Å². The van der Waals surface area contributed by atoms with Gasteiger partial charge in [-0.2, -0.15) is 0 Å². The molecule has 0 saturated carbocycles. The van der Waals surface area contributed by atoms with E-state index in [0.717, 1.165) is 31.5 Å². The van der Waals surface area contributed by atoms with Gasteiger partial charge in [0.2, 0.25) is 0 Å². The van der Waals surface area contributed by atoms with Crippen molar-refractivity contribution in [2.45, 2.75) is 45.8 Å². The van der Waals surface area contributed by atoms with Crippen molar-refractivity contribution in [1.82, 2.24) is 15.1 Å². The van der Waals surface area contributed by atoms with E-state index in [0.29, 0.717) is 6.54 Å². The molecule has 0 unspecified atom stereocenters. The molecule has 0 atom stereocenters. The van der Waals surface area contributed by atoms with Crippen LogP contribution in [0.1, 0.15) is 43.3 Å². The molecule has 3 rings (SSSR count). The van der Waals surface area contributed by atoms with Crippen molar-refractivity contribution in [3.8, 4) is 5.75 Å². The van der Waals surface area contributed by atoms with Gasteiger partial charge in [-0.3, -0.25) is 0 Å². The molecule has 1 aliphatic heterocycles. The number of carbonyl (C=O) groups excluding carboxylic acids is 1. The Morgan fingerprint density at radius 2 is 1.84 bits per heavy atom. The van der Waals surface area contributed by atoms with Gasteiger partial charge in [-0.1, -0.05) is 38.1 Å². The van der Waals surface area contributed by atoms with Crippen molar-refractivity contribution in [2.24, 2.45) is 5.92 Å². The summed E-state index contributed by atoms with van der Waals surface area (Å²) in [5.41, 5.74) is 0.909. The summed E-state index contributed by atoms with van der Waals surface area (Å²) in [5, 5.41) is 2.80. The second-order valence-electron chi connectivity index (χ2n) is 8.46. The number of ether oxygens (including phenoxy) is 1. The number of nitrogens with one attached hydrogen (secondary N) is 1. The third-order valence-electron chi connectivity index (χ3n) is 5.29. The standard InChI is InChI=1S/C25H34FN3O2/c1-19(2)18-31-24-10-6-20(7-11-24)16-27-25(30)29(23-12-14-28(3)15-13-23)17-21-4-8-22(26)9-5-21/h4-11,19,23H,12-18H2,1-3H3,(H,27,30)/i6D,7D,10D,11D. The maximum atomic E-state index is 13.4. The number of rotatable bonds is 8. The van der Waals surface area contributed by atoms with Crippen molar-refractivity contribution >= 4 is 6.03 Å². The predicted octanol–water partition coefficient (Wildman–Crippen LogP) is 4.67. The third kappa shape index (κ3) is 7.24. The van der Waals surface area contributed by atoms with E-state index in [1.807, 2.05) is 20.9 Å². The minimum Gasteiger partial charge on any atom is -0.493 e. The quantitative estimate of drug-likeness (QED) is 0.661. The lowest BCUT2D eigenvalue weighted by Gasteiger charge is -2.37. The fourth-order valence-electron chi connectivity index (χ4n) is 3.46. The maximum Gasteiger partial charge on any atom is 0.318 e. The second-order valence-corrected chi connectivity index (χ2v) is 8.46. The number of benzene rings is 2. The van der Waals surface area contributed by atoms with Gasteiger partial charge in [0.15, 0.2) is 0 Å². The van der Waals surface area contributed by atoms with E-state index in [2.05, 4.69) is 10.2 Å². The van der Waals surface area contributed by atoms with Crippen LogP contribution in [-0.2, 0) is 13.1 Å². The highest BCUT2D eigenvalue weighted by atomic mass is 19.1. The van der Waals surface area contributed by atoms with E-state index in [1.54, 1.807) is 17.0 Å². The summed E-state index contributed by atoms with van der Waals surface area (Å²) in [4.78, 5) is 17.2. The molecule has 1 aliphatic rings. The Labute approximate surface area is 190 Å². The van der Waals surface area contributed by atoms with E-state index in [9.17, 15) is 9.18 Å². The van der Waals surface area contributed by atoms with Crippen LogP contribution in [0.3, 0.4) is 0 Å². The molecule has 0 spiro atoms. The number of hydrogen-bond donors (Lipinski definition) is 1. The third-order valence-corrected chi connectivity index (χ3v) is 5.29. The van der Waals surface area contributed by atoms with Gasteiger partial charge in [-0.05, 0) is 74.2 Å². The van der Waals surface area contributed by atoms with Gasteiger partial charge in [0, 0.05) is 19.1 Å². The van der Waals surface area contributed by atoms with E-state index in [-0.39, 0.29) is 72.4 Å². The van der Waals surface area contributed by atoms with Gasteiger partial charge >= 0.3 is 6.03 Å². The van der Waals surface area contributed by atoms with Crippen molar-refractivity contribution in [1.29, 1.82) is 0 Å². The van der Waals surface area contributed by atoms with E-state index >= 15 is 0 Å². The second kappa shape index (κ2) is 11.1. The molecule has 2 amide bonds. The Morgan fingerprint density at radius 1 is 1.19 bits per heavy atom. The molecule has 1 saturated heterocycles. The number of carbonyl (C=O) groups is 1. The molecule has 31 heavy (non-hydrogen) atoms. The first-order valence-electron chi connectivity index (χ1n) is 12.8. The molecule has 0 bridgehead atoms. The first-order chi connectivity index (χ1) is 16.6. The lowest BCUT2D eigenvalue weighted by atomic mass is 10.0. The molecular formula is C25H34FN3O2. The van der Waals surface area contributed by atoms with Gasteiger partial charge in [0.05, 0.1) is 12.1 Å². The summed E-state index contributed by atoms with van der Waals surface area (Å²) in [6.45, 7) is 6.01. The number of halogens is 1. The molecule has 0 aliphatic carbocycles. The van der Waals surface area contributed by atoms with E-state index in [4.69, 9.17) is 10.2 Å². The van der Waals surface area contributed by atoms with Crippen LogP contribution in [0, 0.1) is 11.7 Å². The van der Waals surface area contributed by atoms with Gasteiger partial charge in [-0.25, -0.2) is 9.18 Å². The summed E-state index contributed by atoms with van der Waals surface area (Å²) in [5.74, 6) is -0.246. The highest BCUT2D eigenvalue weighted by Gasteiger charge is 2.27. The molecule has 1 N–H and O–H groups in total. The number of amides is 2. The molecule has 0 radical (unpaired) electrons. The van der Waals surface area contributed by atoms with Crippen LogP contribution in [0.25, 0.3) is 0 Å². The van der Waals surface area contributed by atoms with Crippen LogP contribution in [0.4, 0.5) is 9.18 Å². The molecule has 2 aromatic carbocycles. The number of likely N-dealkylation sites (tertiary alicyclic amines) is 1. The number of nitrogens with zero attached hydrogens (tertiary/aromatic N) is 2. The SMILES string of the molecule is [2H]c1c([2H])c(OCC(C)C)c([2H])c([2H])c1CNC(=O)N(Cc1ccc(F)cc1)C1CCN(C)CC1. The minimum absolute atomic E-state index is 0.00696. The summed E-state index contributed by atoms with van der Waals surface area (Å²) >= 11 is 0. The first kappa shape index (κ1) is 18.0. The largest absolute Gasteiger partial charge is 0.493 e.